The lowest BCUT2D eigenvalue weighted by molar-refractivity contribution is -0.106. The topological polar surface area (TPSA) is 60.7 Å². The van der Waals surface area contributed by atoms with Crippen LogP contribution in [0.2, 0.25) is 0 Å². The Morgan fingerprint density at radius 1 is 1.21 bits per heavy atom. The lowest BCUT2D eigenvalue weighted by Crippen LogP contribution is -2.33. The molecule has 0 aromatic heterocycles. The number of aliphatic hydroxyl groups is 3. The van der Waals surface area contributed by atoms with E-state index in [1.807, 2.05) is 13.0 Å². The van der Waals surface area contributed by atoms with Crippen LogP contribution in [-0.4, -0.2) is 15.3 Å². The molecule has 1 atom stereocenters. The Bertz CT molecular complexity index is 271. The normalized spacial score (nSPS) is 15.5. The Morgan fingerprint density at radius 2 is 1.79 bits per heavy atom. The summed E-state index contributed by atoms with van der Waals surface area (Å²) in [6.07, 6.45) is 0.0144. The summed E-state index contributed by atoms with van der Waals surface area (Å²) in [5, 5.41) is 28.2. The van der Waals surface area contributed by atoms with E-state index in [4.69, 9.17) is 10.2 Å². The fourth-order valence-electron chi connectivity index (χ4n) is 1.46. The molecule has 14 heavy (non-hydrogen) atoms. The number of benzene rings is 1. The third-order valence-electron chi connectivity index (χ3n) is 2.23. The second kappa shape index (κ2) is 4.55. The predicted molar refractivity (Wildman–Crippen MR) is 52.4 cm³/mol. The number of aliphatic hydroxyl groups excluding tert-OH is 1. The zero-order chi connectivity index (χ0) is 10.6. The van der Waals surface area contributed by atoms with Crippen molar-refractivity contribution in [2.75, 3.05) is 0 Å². The molecular weight excluding hydrogens is 180 g/mol. The zero-order valence-corrected chi connectivity index (χ0v) is 8.14. The van der Waals surface area contributed by atoms with Gasteiger partial charge in [-0.05, 0) is 12.0 Å². The number of hydrogen-bond donors (Lipinski definition) is 3. The Hall–Kier alpha value is -0.900. The van der Waals surface area contributed by atoms with E-state index < -0.39 is 11.9 Å². The van der Waals surface area contributed by atoms with Gasteiger partial charge >= 0.3 is 0 Å². The monoisotopic (exact) mass is 195 g/mol. The Kier molecular flexibility index (Phi) is 3.63. The quantitative estimate of drug-likeness (QED) is 0.687. The molecule has 1 aromatic carbocycles. The van der Waals surface area contributed by atoms with Gasteiger partial charge in [-0.25, -0.2) is 0 Å². The molecule has 0 aliphatic rings. The molecule has 1 radical (unpaired) electrons. The standard InChI is InChI=1S/C11H15O3/c1-2-8-11(14,10(12)13)9-6-4-3-5-7-9/h3-7,12-14H,2,8H2,1H3. The summed E-state index contributed by atoms with van der Waals surface area (Å²) in [5.41, 5.74) is -1.13. The molecule has 77 valence electrons. The van der Waals surface area contributed by atoms with Gasteiger partial charge in [0.25, 0.3) is 6.29 Å². The molecule has 0 aliphatic heterocycles. The fourth-order valence-corrected chi connectivity index (χ4v) is 1.46. The van der Waals surface area contributed by atoms with E-state index in [-0.39, 0.29) is 0 Å². The highest BCUT2D eigenvalue weighted by atomic mass is 16.5. The van der Waals surface area contributed by atoms with Gasteiger partial charge in [-0.2, -0.15) is 0 Å². The first-order valence-corrected chi connectivity index (χ1v) is 4.64. The van der Waals surface area contributed by atoms with Crippen LogP contribution in [0.25, 0.3) is 0 Å². The van der Waals surface area contributed by atoms with Crippen LogP contribution >= 0.6 is 0 Å². The first kappa shape index (κ1) is 11.2. The van der Waals surface area contributed by atoms with Gasteiger partial charge in [0, 0.05) is 0 Å². The molecule has 0 saturated carbocycles. The minimum Gasteiger partial charge on any atom is -0.379 e. The number of rotatable bonds is 4. The van der Waals surface area contributed by atoms with Crippen molar-refractivity contribution in [1.29, 1.82) is 0 Å². The Morgan fingerprint density at radius 3 is 2.21 bits per heavy atom. The molecule has 0 amide bonds. The lowest BCUT2D eigenvalue weighted by Gasteiger charge is -2.28. The highest BCUT2D eigenvalue weighted by Crippen LogP contribution is 2.32. The van der Waals surface area contributed by atoms with E-state index in [1.54, 1.807) is 24.3 Å². The van der Waals surface area contributed by atoms with Gasteiger partial charge in [0.05, 0.1) is 0 Å². The van der Waals surface area contributed by atoms with Crippen molar-refractivity contribution in [3.05, 3.63) is 42.2 Å². The molecule has 3 heteroatoms. The van der Waals surface area contributed by atoms with Gasteiger partial charge in [-0.3, -0.25) is 0 Å². The molecular formula is C11H15O3. The zero-order valence-electron chi connectivity index (χ0n) is 8.14. The van der Waals surface area contributed by atoms with Gasteiger partial charge < -0.3 is 15.3 Å². The summed E-state index contributed by atoms with van der Waals surface area (Å²) in [6, 6.07) is 8.65. The lowest BCUT2D eigenvalue weighted by atomic mass is 9.89. The van der Waals surface area contributed by atoms with Crippen molar-refractivity contribution in [2.24, 2.45) is 0 Å². The van der Waals surface area contributed by atoms with Gasteiger partial charge in [-0.1, -0.05) is 43.7 Å². The van der Waals surface area contributed by atoms with Crippen molar-refractivity contribution < 1.29 is 15.3 Å². The molecule has 1 unspecified atom stereocenters. The van der Waals surface area contributed by atoms with E-state index in [2.05, 4.69) is 0 Å². The van der Waals surface area contributed by atoms with Crippen molar-refractivity contribution in [2.45, 2.75) is 25.4 Å². The summed E-state index contributed by atoms with van der Waals surface area (Å²) >= 11 is 0. The fraction of sp³-hybridized carbons (Fsp3) is 0.364. The second-order valence-corrected chi connectivity index (χ2v) is 3.30. The summed E-state index contributed by atoms with van der Waals surface area (Å²) in [4.78, 5) is 0. The van der Waals surface area contributed by atoms with Crippen LogP contribution in [-0.2, 0) is 5.60 Å². The van der Waals surface area contributed by atoms with Crippen LogP contribution < -0.4 is 0 Å². The minimum atomic E-state index is -1.63. The van der Waals surface area contributed by atoms with Gasteiger partial charge in [0.2, 0.25) is 0 Å². The van der Waals surface area contributed by atoms with E-state index in [9.17, 15) is 5.11 Å². The van der Waals surface area contributed by atoms with Crippen LogP contribution in [0.1, 0.15) is 25.3 Å². The molecule has 1 aromatic rings. The average Bonchev–Trinajstić information content (AvgIpc) is 2.19. The molecule has 3 N–H and O–H groups in total. The SMILES string of the molecule is CCCC(O)([C](O)O)c1ccccc1. The van der Waals surface area contributed by atoms with E-state index in [0.29, 0.717) is 18.4 Å². The van der Waals surface area contributed by atoms with Crippen LogP contribution in [0.15, 0.2) is 30.3 Å². The molecule has 0 bridgehead atoms. The van der Waals surface area contributed by atoms with Crippen LogP contribution in [0.5, 0.6) is 0 Å². The molecule has 0 aliphatic carbocycles. The minimum absolute atomic E-state index is 0.291. The molecule has 0 spiro atoms. The smallest absolute Gasteiger partial charge is 0.256 e. The molecule has 1 rings (SSSR count). The highest BCUT2D eigenvalue weighted by molar-refractivity contribution is 5.25. The summed E-state index contributed by atoms with van der Waals surface area (Å²) in [5.74, 6) is 0. The number of hydrogen-bond acceptors (Lipinski definition) is 3. The average molecular weight is 195 g/mol. The van der Waals surface area contributed by atoms with Gasteiger partial charge in [-0.15, -0.1) is 0 Å². The first-order valence-electron chi connectivity index (χ1n) is 4.64. The third-order valence-corrected chi connectivity index (χ3v) is 2.23. The van der Waals surface area contributed by atoms with Crippen LogP contribution in [0.4, 0.5) is 0 Å². The van der Waals surface area contributed by atoms with Crippen molar-refractivity contribution in [3.63, 3.8) is 0 Å². The van der Waals surface area contributed by atoms with E-state index >= 15 is 0 Å². The molecule has 0 heterocycles. The maximum Gasteiger partial charge on any atom is 0.256 e. The van der Waals surface area contributed by atoms with Crippen molar-refractivity contribution in [1.82, 2.24) is 0 Å². The summed E-state index contributed by atoms with van der Waals surface area (Å²) in [6.45, 7) is 1.87. The molecule has 0 fully saturated rings. The van der Waals surface area contributed by atoms with Crippen molar-refractivity contribution in [3.8, 4) is 0 Å². The molecule has 0 saturated heterocycles. The van der Waals surface area contributed by atoms with Gasteiger partial charge in [0.15, 0.2) is 0 Å². The van der Waals surface area contributed by atoms with E-state index in [1.165, 1.54) is 0 Å². The summed E-state index contributed by atoms with van der Waals surface area (Å²) < 4.78 is 0. The Balaban J connectivity index is 2.99. The van der Waals surface area contributed by atoms with Crippen LogP contribution in [0, 0.1) is 6.29 Å². The maximum atomic E-state index is 10.0. The third kappa shape index (κ3) is 2.12. The first-order chi connectivity index (χ1) is 6.61. The highest BCUT2D eigenvalue weighted by Gasteiger charge is 2.36. The van der Waals surface area contributed by atoms with Gasteiger partial charge in [0.1, 0.15) is 5.60 Å². The van der Waals surface area contributed by atoms with E-state index in [0.717, 1.165) is 0 Å². The van der Waals surface area contributed by atoms with Crippen molar-refractivity contribution >= 4 is 0 Å². The molecule has 3 nitrogen and oxygen atoms in total. The Labute approximate surface area is 83.6 Å². The second-order valence-electron chi connectivity index (χ2n) is 3.30. The maximum absolute atomic E-state index is 10.0. The largest absolute Gasteiger partial charge is 0.379 e. The predicted octanol–water partition coefficient (Wildman–Crippen LogP) is 1.91. The summed E-state index contributed by atoms with van der Waals surface area (Å²) in [7, 11) is 0. The van der Waals surface area contributed by atoms with Crippen LogP contribution in [0.3, 0.4) is 0 Å².